The number of rotatable bonds is 4. The molecule has 3 rings (SSSR count). The van der Waals surface area contributed by atoms with E-state index in [1.807, 2.05) is 25.7 Å². The minimum Gasteiger partial charge on any atom is -0.352 e. The molecule has 0 spiro atoms. The summed E-state index contributed by atoms with van der Waals surface area (Å²) >= 11 is 0. The lowest BCUT2D eigenvalue weighted by atomic mass is 10.1. The maximum atomic E-state index is 4.47. The molecule has 0 fully saturated rings. The van der Waals surface area contributed by atoms with Crippen molar-refractivity contribution in [3.63, 3.8) is 0 Å². The maximum absolute atomic E-state index is 4.47. The molecule has 0 aromatic carbocycles. The molecule has 0 saturated heterocycles. The predicted molar refractivity (Wildman–Crippen MR) is 102 cm³/mol. The minimum absolute atomic E-state index is 0.318. The second-order valence-electron chi connectivity index (χ2n) is 7.32. The second-order valence-corrected chi connectivity index (χ2v) is 7.32. The van der Waals surface area contributed by atoms with Gasteiger partial charge in [0.25, 0.3) is 0 Å². The lowest BCUT2D eigenvalue weighted by Crippen LogP contribution is -2.47. The number of nitrogens with zero attached hydrogens (tertiary/aromatic N) is 6. The van der Waals surface area contributed by atoms with Crippen molar-refractivity contribution in [3.05, 3.63) is 28.6 Å². The van der Waals surface area contributed by atoms with E-state index in [-0.39, 0.29) is 0 Å². The van der Waals surface area contributed by atoms with Gasteiger partial charge in [0, 0.05) is 56.8 Å². The Morgan fingerprint density at radius 2 is 2.08 bits per heavy atom. The number of guanidine groups is 1. The molecular formula is C18H30N8. The summed E-state index contributed by atoms with van der Waals surface area (Å²) in [5.41, 5.74) is 3.46. The fourth-order valence-corrected chi connectivity index (χ4v) is 3.53. The summed E-state index contributed by atoms with van der Waals surface area (Å²) in [6.07, 6.45) is 1.97. The number of aryl methyl sites for hydroxylation is 3. The summed E-state index contributed by atoms with van der Waals surface area (Å²) in [6, 6.07) is 0.318. The summed E-state index contributed by atoms with van der Waals surface area (Å²) in [6.45, 7) is 10.0. The Morgan fingerprint density at radius 3 is 2.69 bits per heavy atom. The molecule has 1 aliphatic rings. The van der Waals surface area contributed by atoms with Crippen molar-refractivity contribution in [3.8, 4) is 0 Å². The molecule has 2 aromatic rings. The lowest BCUT2D eigenvalue weighted by molar-refractivity contribution is 0.407. The average molecular weight is 358 g/mol. The predicted octanol–water partition coefficient (Wildman–Crippen LogP) is 1.43. The minimum atomic E-state index is 0.318. The molecule has 0 bridgehead atoms. The fraction of sp³-hybridized carbons (Fsp3) is 0.667. The van der Waals surface area contributed by atoms with Crippen LogP contribution in [0.1, 0.15) is 54.8 Å². The number of fused-ring (bicyclic) bond motifs is 1. The molecule has 0 saturated carbocycles. The highest BCUT2D eigenvalue weighted by molar-refractivity contribution is 5.80. The van der Waals surface area contributed by atoms with E-state index in [4.69, 9.17) is 0 Å². The summed E-state index contributed by atoms with van der Waals surface area (Å²) in [5, 5.41) is 20.2. The van der Waals surface area contributed by atoms with Crippen LogP contribution in [-0.4, -0.2) is 43.6 Å². The first-order chi connectivity index (χ1) is 12.4. The van der Waals surface area contributed by atoms with Crippen LogP contribution in [0.15, 0.2) is 4.99 Å². The van der Waals surface area contributed by atoms with Crippen molar-refractivity contribution in [2.45, 2.75) is 65.6 Å². The molecule has 142 valence electrons. The highest BCUT2D eigenvalue weighted by atomic mass is 15.3. The van der Waals surface area contributed by atoms with Gasteiger partial charge < -0.3 is 15.2 Å². The third-order valence-electron chi connectivity index (χ3n) is 5.15. The number of nitrogens with one attached hydrogen (secondary N) is 2. The van der Waals surface area contributed by atoms with Gasteiger partial charge in [0.1, 0.15) is 11.6 Å². The van der Waals surface area contributed by atoms with E-state index in [1.165, 1.54) is 11.3 Å². The van der Waals surface area contributed by atoms with Crippen molar-refractivity contribution in [1.82, 2.24) is 35.2 Å². The quantitative estimate of drug-likeness (QED) is 0.638. The smallest absolute Gasteiger partial charge is 0.191 e. The lowest BCUT2D eigenvalue weighted by Gasteiger charge is -2.27. The molecule has 8 nitrogen and oxygen atoms in total. The number of hydrogen-bond acceptors (Lipinski definition) is 4. The Bertz CT molecular complexity index is 798. The van der Waals surface area contributed by atoms with Crippen LogP contribution >= 0.6 is 0 Å². The Hall–Kier alpha value is -2.38. The molecule has 1 unspecified atom stereocenters. The SMILES string of the molecule is CN=C(NCc1c(C)nn(C)c1C)NC1CCc2nnc(C(C)C)n2C1. The highest BCUT2D eigenvalue weighted by Gasteiger charge is 2.24. The molecule has 1 atom stereocenters. The van der Waals surface area contributed by atoms with Gasteiger partial charge in [-0.05, 0) is 20.3 Å². The third-order valence-corrected chi connectivity index (χ3v) is 5.15. The van der Waals surface area contributed by atoms with Crippen LogP contribution in [0.4, 0.5) is 0 Å². The van der Waals surface area contributed by atoms with Crippen LogP contribution in [0.3, 0.4) is 0 Å². The Labute approximate surface area is 155 Å². The van der Waals surface area contributed by atoms with Crippen molar-refractivity contribution >= 4 is 5.96 Å². The fourth-order valence-electron chi connectivity index (χ4n) is 3.53. The van der Waals surface area contributed by atoms with Crippen LogP contribution in [0.25, 0.3) is 0 Å². The van der Waals surface area contributed by atoms with Crippen molar-refractivity contribution in [2.24, 2.45) is 12.0 Å². The van der Waals surface area contributed by atoms with E-state index in [0.717, 1.165) is 42.7 Å². The van der Waals surface area contributed by atoms with Crippen LogP contribution in [0.5, 0.6) is 0 Å². The van der Waals surface area contributed by atoms with Crippen LogP contribution in [-0.2, 0) is 26.6 Å². The van der Waals surface area contributed by atoms with E-state index in [0.29, 0.717) is 18.5 Å². The van der Waals surface area contributed by atoms with Crippen LogP contribution in [0.2, 0.25) is 0 Å². The van der Waals surface area contributed by atoms with E-state index in [9.17, 15) is 0 Å². The first-order valence-corrected chi connectivity index (χ1v) is 9.29. The molecule has 8 heteroatoms. The van der Waals surface area contributed by atoms with Gasteiger partial charge >= 0.3 is 0 Å². The number of hydrogen-bond donors (Lipinski definition) is 2. The zero-order valence-corrected chi connectivity index (χ0v) is 16.7. The Morgan fingerprint density at radius 1 is 1.31 bits per heavy atom. The Balaban J connectivity index is 1.63. The zero-order valence-electron chi connectivity index (χ0n) is 16.7. The van der Waals surface area contributed by atoms with E-state index in [2.05, 4.69) is 56.3 Å². The maximum Gasteiger partial charge on any atom is 0.191 e. The van der Waals surface area contributed by atoms with Crippen molar-refractivity contribution in [1.29, 1.82) is 0 Å². The molecule has 0 radical (unpaired) electrons. The van der Waals surface area contributed by atoms with E-state index >= 15 is 0 Å². The van der Waals surface area contributed by atoms with Crippen molar-refractivity contribution < 1.29 is 0 Å². The summed E-state index contributed by atoms with van der Waals surface area (Å²) in [7, 11) is 3.79. The van der Waals surface area contributed by atoms with Gasteiger partial charge in [-0.25, -0.2) is 0 Å². The number of aromatic nitrogens is 5. The Kier molecular flexibility index (Phi) is 5.29. The molecule has 26 heavy (non-hydrogen) atoms. The van der Waals surface area contributed by atoms with Gasteiger partial charge in [0.2, 0.25) is 0 Å². The first kappa shape index (κ1) is 18.4. The summed E-state index contributed by atoms with van der Waals surface area (Å²) < 4.78 is 4.18. The molecule has 0 aliphatic carbocycles. The zero-order chi connectivity index (χ0) is 18.8. The normalized spacial score (nSPS) is 17.5. The second kappa shape index (κ2) is 7.47. The topological polar surface area (TPSA) is 84.9 Å². The van der Waals surface area contributed by atoms with E-state index < -0.39 is 0 Å². The third kappa shape index (κ3) is 3.59. The van der Waals surface area contributed by atoms with Gasteiger partial charge in [-0.15, -0.1) is 10.2 Å². The molecule has 0 amide bonds. The van der Waals surface area contributed by atoms with Gasteiger partial charge in [0.15, 0.2) is 5.96 Å². The first-order valence-electron chi connectivity index (χ1n) is 9.29. The summed E-state index contributed by atoms with van der Waals surface area (Å²) in [4.78, 5) is 4.39. The molecular weight excluding hydrogens is 328 g/mol. The van der Waals surface area contributed by atoms with E-state index in [1.54, 1.807) is 0 Å². The highest BCUT2D eigenvalue weighted by Crippen LogP contribution is 2.20. The van der Waals surface area contributed by atoms with Crippen molar-refractivity contribution in [2.75, 3.05) is 7.05 Å². The van der Waals surface area contributed by atoms with Gasteiger partial charge in [-0.3, -0.25) is 9.67 Å². The molecule has 3 heterocycles. The standard InChI is InChI=1S/C18H30N8/c1-11(2)17-23-22-16-8-7-14(10-26(16)17)21-18(19-5)20-9-15-12(3)24-25(6)13(15)4/h11,14H,7-10H2,1-6H3,(H2,19,20,21). The summed E-state index contributed by atoms with van der Waals surface area (Å²) in [5.74, 6) is 3.36. The van der Waals surface area contributed by atoms with Gasteiger partial charge in [-0.1, -0.05) is 13.8 Å². The monoisotopic (exact) mass is 358 g/mol. The van der Waals surface area contributed by atoms with Gasteiger partial charge in [-0.2, -0.15) is 5.10 Å². The average Bonchev–Trinajstić information content (AvgIpc) is 3.13. The largest absolute Gasteiger partial charge is 0.352 e. The number of aliphatic imine (C=N–C) groups is 1. The van der Waals surface area contributed by atoms with Crippen LogP contribution < -0.4 is 10.6 Å². The molecule has 1 aliphatic heterocycles. The van der Waals surface area contributed by atoms with Crippen LogP contribution in [0, 0.1) is 13.8 Å². The van der Waals surface area contributed by atoms with Gasteiger partial charge in [0.05, 0.1) is 5.69 Å². The molecule has 2 aromatic heterocycles. The molecule has 2 N–H and O–H groups in total.